The average Bonchev–Trinajstić information content (AvgIpc) is 2.36. The number of aliphatic hydroxyl groups is 1. The van der Waals surface area contributed by atoms with Gasteiger partial charge in [-0.2, -0.15) is 0 Å². The van der Waals surface area contributed by atoms with Crippen LogP contribution in [0.2, 0.25) is 10.0 Å². The number of hydrogen-bond donors (Lipinski definition) is 2. The van der Waals surface area contributed by atoms with Gasteiger partial charge in [0, 0.05) is 16.6 Å². The van der Waals surface area contributed by atoms with E-state index in [9.17, 15) is 5.11 Å². The Bertz CT molecular complexity index is 389. The predicted molar refractivity (Wildman–Crippen MR) is 76.1 cm³/mol. The zero-order chi connectivity index (χ0) is 13.0. The van der Waals surface area contributed by atoms with E-state index in [1.165, 1.54) is 0 Å². The fraction of sp³-hybridized carbons (Fsp3) is 0.571. The second-order valence-electron chi connectivity index (χ2n) is 5.04. The Morgan fingerprint density at radius 1 is 1.17 bits per heavy atom. The molecule has 18 heavy (non-hydrogen) atoms. The molecule has 0 aromatic heterocycles. The Morgan fingerprint density at radius 2 is 1.89 bits per heavy atom. The number of nitrogens with one attached hydrogen (secondary N) is 1. The Labute approximate surface area is 118 Å². The van der Waals surface area contributed by atoms with Gasteiger partial charge in [0.15, 0.2) is 0 Å². The first-order valence-corrected chi connectivity index (χ1v) is 7.23. The molecule has 0 saturated heterocycles. The normalized spacial score (nSPS) is 24.2. The highest BCUT2D eigenvalue weighted by molar-refractivity contribution is 6.33. The van der Waals surface area contributed by atoms with Crippen LogP contribution in [0.5, 0.6) is 0 Å². The lowest BCUT2D eigenvalue weighted by molar-refractivity contribution is 0.108. The van der Waals surface area contributed by atoms with Gasteiger partial charge >= 0.3 is 0 Å². The third-order valence-electron chi connectivity index (χ3n) is 3.57. The van der Waals surface area contributed by atoms with Crippen molar-refractivity contribution in [3.8, 4) is 0 Å². The van der Waals surface area contributed by atoms with E-state index in [-0.39, 0.29) is 6.10 Å². The van der Waals surface area contributed by atoms with E-state index < -0.39 is 0 Å². The van der Waals surface area contributed by atoms with Crippen LogP contribution in [-0.2, 0) is 6.54 Å². The third-order valence-corrected chi connectivity index (χ3v) is 4.18. The fourth-order valence-corrected chi connectivity index (χ4v) is 2.82. The monoisotopic (exact) mass is 287 g/mol. The van der Waals surface area contributed by atoms with Gasteiger partial charge in [-0.15, -0.1) is 0 Å². The number of rotatable bonds is 4. The summed E-state index contributed by atoms with van der Waals surface area (Å²) in [6.45, 7) is 1.73. The zero-order valence-electron chi connectivity index (χ0n) is 10.3. The van der Waals surface area contributed by atoms with Crippen molar-refractivity contribution in [2.45, 2.75) is 38.3 Å². The standard InChI is InChI=1S/C14H19Cl2NO/c15-12-3-6-14(16)11(7-12)9-17-8-10-1-4-13(18)5-2-10/h3,6-7,10,13,17-18H,1-2,4-5,8-9H2. The van der Waals surface area contributed by atoms with Gasteiger partial charge in [-0.3, -0.25) is 0 Å². The molecule has 100 valence electrons. The SMILES string of the molecule is OC1CCC(CNCc2cc(Cl)ccc2Cl)CC1. The molecule has 1 fully saturated rings. The van der Waals surface area contributed by atoms with E-state index in [1.54, 1.807) is 6.07 Å². The maximum absolute atomic E-state index is 9.44. The first kappa shape index (κ1) is 14.1. The van der Waals surface area contributed by atoms with Crippen LogP contribution in [-0.4, -0.2) is 17.8 Å². The summed E-state index contributed by atoms with van der Waals surface area (Å²) < 4.78 is 0. The maximum atomic E-state index is 9.44. The number of aliphatic hydroxyl groups excluding tert-OH is 1. The van der Waals surface area contributed by atoms with Crippen LogP contribution in [0.4, 0.5) is 0 Å². The van der Waals surface area contributed by atoms with E-state index in [0.717, 1.165) is 54.4 Å². The number of halogens is 2. The van der Waals surface area contributed by atoms with Crippen molar-refractivity contribution >= 4 is 23.2 Å². The van der Waals surface area contributed by atoms with E-state index in [2.05, 4.69) is 5.32 Å². The second kappa shape index (κ2) is 6.76. The van der Waals surface area contributed by atoms with Crippen LogP contribution in [0.3, 0.4) is 0 Å². The summed E-state index contributed by atoms with van der Waals surface area (Å²) in [4.78, 5) is 0. The molecule has 1 aliphatic rings. The molecule has 0 amide bonds. The van der Waals surface area contributed by atoms with Gasteiger partial charge < -0.3 is 10.4 Å². The quantitative estimate of drug-likeness (QED) is 0.886. The molecular formula is C14H19Cl2NO. The van der Waals surface area contributed by atoms with Crippen molar-refractivity contribution in [1.82, 2.24) is 5.32 Å². The molecule has 1 aromatic carbocycles. The number of benzene rings is 1. The van der Waals surface area contributed by atoms with Crippen molar-refractivity contribution < 1.29 is 5.11 Å². The summed E-state index contributed by atoms with van der Waals surface area (Å²) >= 11 is 12.1. The van der Waals surface area contributed by atoms with E-state index in [0.29, 0.717) is 5.92 Å². The Hall–Kier alpha value is -0.280. The smallest absolute Gasteiger partial charge is 0.0540 e. The molecule has 0 radical (unpaired) electrons. The van der Waals surface area contributed by atoms with Crippen molar-refractivity contribution in [3.05, 3.63) is 33.8 Å². The van der Waals surface area contributed by atoms with E-state index in [1.807, 2.05) is 12.1 Å². The molecule has 0 bridgehead atoms. The lowest BCUT2D eigenvalue weighted by atomic mass is 9.87. The Kier molecular flexibility index (Phi) is 5.31. The number of hydrogen-bond acceptors (Lipinski definition) is 2. The van der Waals surface area contributed by atoms with Crippen LogP contribution in [0.25, 0.3) is 0 Å². The summed E-state index contributed by atoms with van der Waals surface area (Å²) in [7, 11) is 0. The second-order valence-corrected chi connectivity index (χ2v) is 5.88. The zero-order valence-corrected chi connectivity index (χ0v) is 11.8. The van der Waals surface area contributed by atoms with Crippen LogP contribution in [0.15, 0.2) is 18.2 Å². The van der Waals surface area contributed by atoms with Crippen LogP contribution in [0, 0.1) is 5.92 Å². The largest absolute Gasteiger partial charge is 0.393 e. The predicted octanol–water partition coefficient (Wildman–Crippen LogP) is 3.63. The first-order chi connectivity index (χ1) is 8.65. The van der Waals surface area contributed by atoms with Gasteiger partial charge in [0.1, 0.15) is 0 Å². The highest BCUT2D eigenvalue weighted by atomic mass is 35.5. The first-order valence-electron chi connectivity index (χ1n) is 6.48. The lowest BCUT2D eigenvalue weighted by Crippen LogP contribution is -2.27. The minimum absolute atomic E-state index is 0.0800. The Morgan fingerprint density at radius 3 is 2.61 bits per heavy atom. The maximum Gasteiger partial charge on any atom is 0.0540 e. The minimum Gasteiger partial charge on any atom is -0.393 e. The summed E-state index contributed by atoms with van der Waals surface area (Å²) in [6, 6.07) is 5.54. The Balaban J connectivity index is 1.76. The molecule has 4 heteroatoms. The van der Waals surface area contributed by atoms with Crippen LogP contribution >= 0.6 is 23.2 Å². The molecule has 0 spiro atoms. The van der Waals surface area contributed by atoms with E-state index >= 15 is 0 Å². The molecular weight excluding hydrogens is 269 g/mol. The van der Waals surface area contributed by atoms with Gasteiger partial charge in [0.2, 0.25) is 0 Å². The molecule has 2 nitrogen and oxygen atoms in total. The molecule has 1 aromatic rings. The van der Waals surface area contributed by atoms with Crippen molar-refractivity contribution in [2.75, 3.05) is 6.54 Å². The molecule has 0 atom stereocenters. The van der Waals surface area contributed by atoms with Crippen molar-refractivity contribution in [2.24, 2.45) is 5.92 Å². The fourth-order valence-electron chi connectivity index (χ4n) is 2.44. The molecule has 1 aliphatic carbocycles. The van der Waals surface area contributed by atoms with Gasteiger partial charge in [0.25, 0.3) is 0 Å². The minimum atomic E-state index is -0.0800. The van der Waals surface area contributed by atoms with Crippen molar-refractivity contribution in [3.63, 3.8) is 0 Å². The lowest BCUT2D eigenvalue weighted by Gasteiger charge is -2.25. The molecule has 0 unspecified atom stereocenters. The summed E-state index contributed by atoms with van der Waals surface area (Å²) in [6.07, 6.45) is 4.01. The molecule has 1 saturated carbocycles. The highest BCUT2D eigenvalue weighted by Crippen LogP contribution is 2.24. The van der Waals surface area contributed by atoms with Gasteiger partial charge in [0.05, 0.1) is 6.10 Å². The summed E-state index contributed by atoms with van der Waals surface area (Å²) in [5.74, 6) is 0.673. The molecule has 0 heterocycles. The third kappa shape index (κ3) is 4.13. The van der Waals surface area contributed by atoms with Crippen LogP contribution in [0.1, 0.15) is 31.2 Å². The van der Waals surface area contributed by atoms with Crippen LogP contribution < -0.4 is 5.32 Å². The molecule has 2 rings (SSSR count). The molecule has 0 aliphatic heterocycles. The summed E-state index contributed by atoms with van der Waals surface area (Å²) in [5, 5.41) is 14.3. The van der Waals surface area contributed by atoms with Gasteiger partial charge in [-0.1, -0.05) is 23.2 Å². The highest BCUT2D eigenvalue weighted by Gasteiger charge is 2.18. The topological polar surface area (TPSA) is 32.3 Å². The average molecular weight is 288 g/mol. The molecule has 2 N–H and O–H groups in total. The summed E-state index contributed by atoms with van der Waals surface area (Å²) in [5.41, 5.74) is 1.04. The van der Waals surface area contributed by atoms with Crippen molar-refractivity contribution in [1.29, 1.82) is 0 Å². The van der Waals surface area contributed by atoms with E-state index in [4.69, 9.17) is 23.2 Å². The van der Waals surface area contributed by atoms with Gasteiger partial charge in [-0.05, 0) is 61.9 Å². The van der Waals surface area contributed by atoms with Gasteiger partial charge in [-0.25, -0.2) is 0 Å².